The molecule has 3 amide bonds. The van der Waals surface area contributed by atoms with Crippen molar-refractivity contribution >= 4 is 17.7 Å². The number of imide groups is 1. The van der Waals surface area contributed by atoms with Crippen molar-refractivity contribution in [2.45, 2.75) is 63.3 Å². The van der Waals surface area contributed by atoms with Crippen molar-refractivity contribution in [1.29, 1.82) is 0 Å². The lowest BCUT2D eigenvalue weighted by atomic mass is 10.0. The summed E-state index contributed by atoms with van der Waals surface area (Å²) < 4.78 is 0. The molecule has 3 fully saturated rings. The number of carbonyl (C=O) groups excluding carboxylic acids is 3. The quantitative estimate of drug-likeness (QED) is 0.652. The average molecular weight is 382 g/mol. The Bertz CT molecular complexity index is 835. The summed E-state index contributed by atoms with van der Waals surface area (Å²) in [6.07, 6.45) is 4.43. The number of hydrogen-bond acceptors (Lipinski definition) is 5. The molecule has 1 aromatic rings. The van der Waals surface area contributed by atoms with Crippen molar-refractivity contribution in [1.82, 2.24) is 20.9 Å². The number of fused-ring (bicyclic) bond motifs is 1. The Morgan fingerprint density at radius 1 is 1.11 bits per heavy atom. The van der Waals surface area contributed by atoms with Crippen LogP contribution in [0.15, 0.2) is 18.2 Å². The molecule has 3 N–H and O–H groups in total. The van der Waals surface area contributed by atoms with Gasteiger partial charge in [-0.2, -0.15) is 0 Å². The van der Waals surface area contributed by atoms with Crippen molar-refractivity contribution in [3.8, 4) is 0 Å². The second-order valence-electron chi connectivity index (χ2n) is 8.44. The molecule has 1 aromatic carbocycles. The summed E-state index contributed by atoms with van der Waals surface area (Å²) in [6, 6.07) is 6.40. The minimum Gasteiger partial charge on any atom is -0.322 e. The van der Waals surface area contributed by atoms with Crippen LogP contribution < -0.4 is 16.0 Å². The third-order valence-electron chi connectivity index (χ3n) is 6.59. The first kappa shape index (κ1) is 17.8. The summed E-state index contributed by atoms with van der Waals surface area (Å²) in [5.41, 5.74) is 2.70. The van der Waals surface area contributed by atoms with Crippen molar-refractivity contribution in [3.63, 3.8) is 0 Å². The minimum atomic E-state index is -0.559. The van der Waals surface area contributed by atoms with Gasteiger partial charge in [-0.3, -0.25) is 19.7 Å². The molecule has 0 spiro atoms. The van der Waals surface area contributed by atoms with E-state index in [4.69, 9.17) is 0 Å². The highest BCUT2D eigenvalue weighted by molar-refractivity contribution is 6.05. The van der Waals surface area contributed by atoms with E-state index < -0.39 is 6.04 Å². The normalized spacial score (nSPS) is 29.9. The number of nitrogens with one attached hydrogen (secondary N) is 3. The van der Waals surface area contributed by atoms with Crippen LogP contribution >= 0.6 is 0 Å². The molecule has 3 aliphatic heterocycles. The molecular formula is C21H26N4O3. The molecule has 5 rings (SSSR count). The fourth-order valence-electron chi connectivity index (χ4n) is 4.99. The largest absolute Gasteiger partial charge is 0.322 e. The molecule has 2 saturated heterocycles. The minimum absolute atomic E-state index is 0.0924. The fourth-order valence-corrected chi connectivity index (χ4v) is 4.99. The van der Waals surface area contributed by atoms with Gasteiger partial charge in [-0.1, -0.05) is 18.2 Å². The number of piperidine rings is 1. The smallest absolute Gasteiger partial charge is 0.255 e. The first-order chi connectivity index (χ1) is 13.6. The van der Waals surface area contributed by atoms with E-state index in [1.807, 2.05) is 18.2 Å². The number of amides is 3. The van der Waals surface area contributed by atoms with Crippen molar-refractivity contribution < 1.29 is 14.4 Å². The molecule has 0 bridgehead atoms. The van der Waals surface area contributed by atoms with Crippen LogP contribution in [0.25, 0.3) is 0 Å². The second kappa shape index (κ2) is 6.97. The van der Waals surface area contributed by atoms with E-state index in [0.29, 0.717) is 31.6 Å². The van der Waals surface area contributed by atoms with Crippen molar-refractivity contribution in [2.24, 2.45) is 5.92 Å². The third kappa shape index (κ3) is 3.12. The average Bonchev–Trinajstić information content (AvgIpc) is 3.32. The fraction of sp³-hybridized carbons (Fsp3) is 0.571. The highest BCUT2D eigenvalue weighted by Crippen LogP contribution is 2.36. The van der Waals surface area contributed by atoms with Crippen LogP contribution in [0.3, 0.4) is 0 Å². The predicted molar refractivity (Wildman–Crippen MR) is 102 cm³/mol. The molecule has 1 saturated carbocycles. The van der Waals surface area contributed by atoms with E-state index in [0.717, 1.165) is 35.6 Å². The van der Waals surface area contributed by atoms with Crippen LogP contribution in [0.1, 0.15) is 53.6 Å². The Balaban J connectivity index is 1.31. The molecule has 148 valence electrons. The number of rotatable bonds is 5. The van der Waals surface area contributed by atoms with Gasteiger partial charge in [0, 0.05) is 37.2 Å². The highest BCUT2D eigenvalue weighted by Gasteiger charge is 2.41. The Hall–Kier alpha value is -2.25. The van der Waals surface area contributed by atoms with Gasteiger partial charge in [0.1, 0.15) is 6.04 Å². The highest BCUT2D eigenvalue weighted by atomic mass is 16.2. The molecule has 1 unspecified atom stereocenters. The zero-order chi connectivity index (χ0) is 19.3. The number of benzene rings is 1. The standard InChI is InChI=1S/C21H26N4O3/c26-17-7-6-16(20(27)24-17)25-11-14-3-1-2-13(18(14)21(25)28)10-23-15-8-9-22-19(15)12-4-5-12/h1-3,12,15-16,19,22-23H,4-11H2,(H,24,26,27)/t15-,16?,19+/m1/s1. The van der Waals surface area contributed by atoms with Crippen LogP contribution in [0, 0.1) is 5.92 Å². The molecule has 0 aromatic heterocycles. The lowest BCUT2D eigenvalue weighted by Crippen LogP contribution is -2.52. The van der Waals surface area contributed by atoms with Crippen molar-refractivity contribution in [2.75, 3.05) is 6.54 Å². The van der Waals surface area contributed by atoms with E-state index in [-0.39, 0.29) is 24.1 Å². The molecule has 0 radical (unpaired) electrons. The van der Waals surface area contributed by atoms with Gasteiger partial charge < -0.3 is 15.5 Å². The van der Waals surface area contributed by atoms with E-state index in [2.05, 4.69) is 16.0 Å². The van der Waals surface area contributed by atoms with Crippen LogP contribution in [0.2, 0.25) is 0 Å². The van der Waals surface area contributed by atoms with Gasteiger partial charge in [0.15, 0.2) is 0 Å². The first-order valence-electron chi connectivity index (χ1n) is 10.3. The summed E-state index contributed by atoms with van der Waals surface area (Å²) in [4.78, 5) is 38.4. The zero-order valence-electron chi connectivity index (χ0n) is 15.9. The summed E-state index contributed by atoms with van der Waals surface area (Å²) in [7, 11) is 0. The number of carbonyl (C=O) groups is 3. The Kier molecular flexibility index (Phi) is 4.44. The van der Waals surface area contributed by atoms with Gasteiger partial charge in [-0.25, -0.2) is 0 Å². The molecule has 1 aliphatic carbocycles. The SMILES string of the molecule is O=C1CCC(N2Cc3cccc(CN[C@@H]4CCN[C@H]4C4CC4)c3C2=O)C(=O)N1. The monoisotopic (exact) mass is 382 g/mol. The Morgan fingerprint density at radius 2 is 1.96 bits per heavy atom. The molecule has 4 aliphatic rings. The van der Waals surface area contributed by atoms with Crippen LogP contribution in [-0.4, -0.2) is 47.3 Å². The van der Waals surface area contributed by atoms with Crippen molar-refractivity contribution in [3.05, 3.63) is 34.9 Å². The molecule has 3 atom stereocenters. The van der Waals surface area contributed by atoms with E-state index in [1.165, 1.54) is 12.8 Å². The van der Waals surface area contributed by atoms with Gasteiger partial charge >= 0.3 is 0 Å². The van der Waals surface area contributed by atoms with Gasteiger partial charge in [-0.05, 0) is 49.3 Å². The van der Waals surface area contributed by atoms with Gasteiger partial charge in [0.25, 0.3) is 5.91 Å². The van der Waals surface area contributed by atoms with Gasteiger partial charge in [-0.15, -0.1) is 0 Å². The molecule has 7 heteroatoms. The topological polar surface area (TPSA) is 90.5 Å². The maximum absolute atomic E-state index is 13.1. The third-order valence-corrected chi connectivity index (χ3v) is 6.59. The maximum atomic E-state index is 13.1. The van der Waals surface area contributed by atoms with Crippen LogP contribution in [0.4, 0.5) is 0 Å². The van der Waals surface area contributed by atoms with Crippen LogP contribution in [0.5, 0.6) is 0 Å². The second-order valence-corrected chi connectivity index (χ2v) is 8.44. The summed E-state index contributed by atoms with van der Waals surface area (Å²) in [6.45, 7) is 2.14. The summed E-state index contributed by atoms with van der Waals surface area (Å²) in [5, 5.41) is 9.65. The zero-order valence-corrected chi connectivity index (χ0v) is 15.9. The van der Waals surface area contributed by atoms with Gasteiger partial charge in [0.05, 0.1) is 0 Å². The molecule has 3 heterocycles. The van der Waals surface area contributed by atoms with E-state index >= 15 is 0 Å². The number of hydrogen-bond donors (Lipinski definition) is 3. The molecule has 7 nitrogen and oxygen atoms in total. The summed E-state index contributed by atoms with van der Waals surface area (Å²) >= 11 is 0. The molecular weight excluding hydrogens is 356 g/mol. The Labute approximate surface area is 164 Å². The van der Waals surface area contributed by atoms with E-state index in [1.54, 1.807) is 4.90 Å². The Morgan fingerprint density at radius 3 is 2.75 bits per heavy atom. The van der Waals surface area contributed by atoms with Crippen LogP contribution in [-0.2, 0) is 22.7 Å². The van der Waals surface area contributed by atoms with E-state index in [9.17, 15) is 14.4 Å². The van der Waals surface area contributed by atoms with Gasteiger partial charge in [0.2, 0.25) is 11.8 Å². The predicted octanol–water partition coefficient (Wildman–Crippen LogP) is 0.678. The number of nitrogens with zero attached hydrogens (tertiary/aromatic N) is 1. The molecule has 28 heavy (non-hydrogen) atoms. The lowest BCUT2D eigenvalue weighted by molar-refractivity contribution is -0.136. The first-order valence-corrected chi connectivity index (χ1v) is 10.3. The maximum Gasteiger partial charge on any atom is 0.255 e. The lowest BCUT2D eigenvalue weighted by Gasteiger charge is -2.29. The summed E-state index contributed by atoms with van der Waals surface area (Å²) in [5.74, 6) is 0.0865.